The molecule has 1 aliphatic rings. The number of nitrogens with two attached hydrogens (primary N) is 1. The molecule has 5 nitrogen and oxygen atoms in total. The van der Waals surface area contributed by atoms with Gasteiger partial charge in [-0.15, -0.1) is 0 Å². The zero-order chi connectivity index (χ0) is 14.0. The molecule has 0 saturated carbocycles. The lowest BCUT2D eigenvalue weighted by Gasteiger charge is -2.21. The lowest BCUT2D eigenvalue weighted by Crippen LogP contribution is -2.27. The van der Waals surface area contributed by atoms with Crippen molar-refractivity contribution in [2.24, 2.45) is 11.1 Å². The minimum atomic E-state index is 0.231. The molecule has 0 aromatic carbocycles. The monoisotopic (exact) mass is 263 g/mol. The van der Waals surface area contributed by atoms with Crippen molar-refractivity contribution in [1.82, 2.24) is 9.97 Å². The first-order chi connectivity index (χ1) is 8.83. The number of aryl methyl sites for hydroxylation is 1. The van der Waals surface area contributed by atoms with E-state index in [1.807, 2.05) is 13.0 Å². The van der Waals surface area contributed by atoms with Crippen LogP contribution in [0.1, 0.15) is 33.0 Å². The summed E-state index contributed by atoms with van der Waals surface area (Å²) < 4.78 is 0. The van der Waals surface area contributed by atoms with E-state index in [4.69, 9.17) is 5.73 Å². The molecule has 106 valence electrons. The molecule has 2 heterocycles. The van der Waals surface area contributed by atoms with Gasteiger partial charge in [-0.1, -0.05) is 20.8 Å². The highest BCUT2D eigenvalue weighted by molar-refractivity contribution is 5.50. The van der Waals surface area contributed by atoms with Gasteiger partial charge in [0.15, 0.2) is 0 Å². The third-order valence-electron chi connectivity index (χ3n) is 3.17. The Balaban J connectivity index is 2.11. The summed E-state index contributed by atoms with van der Waals surface area (Å²) >= 11 is 0. The fourth-order valence-electron chi connectivity index (χ4n) is 2.16. The molecule has 1 aliphatic heterocycles. The van der Waals surface area contributed by atoms with Crippen LogP contribution in [-0.2, 0) is 0 Å². The third-order valence-corrected chi connectivity index (χ3v) is 3.17. The normalized spacial score (nSPS) is 19.8. The molecular weight excluding hydrogens is 238 g/mol. The van der Waals surface area contributed by atoms with E-state index in [9.17, 15) is 0 Å². The average molecular weight is 263 g/mol. The number of rotatable bonds is 3. The summed E-state index contributed by atoms with van der Waals surface area (Å²) in [4.78, 5) is 11.2. The standard InChI is InChI=1S/C14H25N5/c1-10-17-12(16-9-14(2,3)4)7-13(18-10)19-6-5-11(15)8-19/h7,11H,5-6,8-9,15H2,1-4H3,(H,16,17,18). The Hall–Kier alpha value is -1.36. The van der Waals surface area contributed by atoms with Gasteiger partial charge in [-0.3, -0.25) is 0 Å². The van der Waals surface area contributed by atoms with E-state index < -0.39 is 0 Å². The smallest absolute Gasteiger partial charge is 0.134 e. The second kappa shape index (κ2) is 5.33. The van der Waals surface area contributed by atoms with Crippen molar-refractivity contribution in [3.05, 3.63) is 11.9 Å². The van der Waals surface area contributed by atoms with Crippen LogP contribution in [-0.4, -0.2) is 35.6 Å². The zero-order valence-electron chi connectivity index (χ0n) is 12.4. The van der Waals surface area contributed by atoms with E-state index in [1.54, 1.807) is 0 Å². The first-order valence-corrected chi connectivity index (χ1v) is 6.93. The number of anilines is 2. The van der Waals surface area contributed by atoms with E-state index in [0.29, 0.717) is 0 Å². The van der Waals surface area contributed by atoms with E-state index >= 15 is 0 Å². The molecule has 0 amide bonds. The summed E-state index contributed by atoms with van der Waals surface area (Å²) in [5.41, 5.74) is 6.18. The lowest BCUT2D eigenvalue weighted by molar-refractivity contribution is 0.442. The van der Waals surface area contributed by atoms with E-state index in [1.165, 1.54) is 0 Å². The third kappa shape index (κ3) is 4.06. The second-order valence-corrected chi connectivity index (χ2v) is 6.57. The first-order valence-electron chi connectivity index (χ1n) is 6.93. The van der Waals surface area contributed by atoms with Crippen molar-refractivity contribution in [2.45, 2.75) is 40.2 Å². The molecular formula is C14H25N5. The number of aromatic nitrogens is 2. The van der Waals surface area contributed by atoms with E-state index in [2.05, 4.69) is 41.0 Å². The predicted octanol–water partition coefficient (Wildman–Crippen LogP) is 1.78. The van der Waals surface area contributed by atoms with Crippen LogP contribution < -0.4 is 16.0 Å². The van der Waals surface area contributed by atoms with Gasteiger partial charge in [-0.05, 0) is 18.8 Å². The van der Waals surface area contributed by atoms with Crippen molar-refractivity contribution >= 4 is 11.6 Å². The SMILES string of the molecule is Cc1nc(NCC(C)(C)C)cc(N2CCC(N)C2)n1. The van der Waals surface area contributed by atoms with Gasteiger partial charge in [0.1, 0.15) is 17.5 Å². The molecule has 1 fully saturated rings. The summed E-state index contributed by atoms with van der Waals surface area (Å²) in [7, 11) is 0. The van der Waals surface area contributed by atoms with Crippen LogP contribution in [0.2, 0.25) is 0 Å². The van der Waals surface area contributed by atoms with Crippen molar-refractivity contribution < 1.29 is 0 Å². The molecule has 1 aromatic rings. The molecule has 1 unspecified atom stereocenters. The summed E-state index contributed by atoms with van der Waals surface area (Å²) in [5.74, 6) is 2.68. The Labute approximate surface area is 115 Å². The maximum atomic E-state index is 5.95. The molecule has 3 N–H and O–H groups in total. The van der Waals surface area contributed by atoms with Gasteiger partial charge in [0.25, 0.3) is 0 Å². The highest BCUT2D eigenvalue weighted by Gasteiger charge is 2.21. The summed E-state index contributed by atoms with van der Waals surface area (Å²) in [6.07, 6.45) is 1.04. The molecule has 1 saturated heterocycles. The predicted molar refractivity (Wildman–Crippen MR) is 79.5 cm³/mol. The fraction of sp³-hybridized carbons (Fsp3) is 0.714. The molecule has 0 aliphatic carbocycles. The van der Waals surface area contributed by atoms with Crippen LogP contribution in [0.15, 0.2) is 6.07 Å². The highest BCUT2D eigenvalue weighted by Crippen LogP contribution is 2.21. The van der Waals surface area contributed by atoms with Crippen molar-refractivity contribution in [2.75, 3.05) is 29.9 Å². The second-order valence-electron chi connectivity index (χ2n) is 6.57. The van der Waals surface area contributed by atoms with Gasteiger partial charge >= 0.3 is 0 Å². The summed E-state index contributed by atoms with van der Waals surface area (Å²) in [6, 6.07) is 2.29. The Morgan fingerprint density at radius 3 is 2.74 bits per heavy atom. The molecule has 19 heavy (non-hydrogen) atoms. The quantitative estimate of drug-likeness (QED) is 0.870. The molecule has 0 radical (unpaired) electrons. The van der Waals surface area contributed by atoms with E-state index in [-0.39, 0.29) is 11.5 Å². The lowest BCUT2D eigenvalue weighted by atomic mass is 9.97. The first kappa shape index (κ1) is 14.1. The Bertz CT molecular complexity index is 438. The summed E-state index contributed by atoms with van der Waals surface area (Å²) in [6.45, 7) is 11.3. The molecule has 2 rings (SSSR count). The van der Waals surface area contributed by atoms with Crippen LogP contribution in [0.25, 0.3) is 0 Å². The molecule has 0 bridgehead atoms. The number of hydrogen-bond donors (Lipinski definition) is 2. The zero-order valence-corrected chi connectivity index (χ0v) is 12.4. The topological polar surface area (TPSA) is 67.1 Å². The Morgan fingerprint density at radius 2 is 2.16 bits per heavy atom. The van der Waals surface area contributed by atoms with Crippen molar-refractivity contribution in [3.63, 3.8) is 0 Å². The largest absolute Gasteiger partial charge is 0.369 e. The van der Waals surface area contributed by atoms with Crippen LogP contribution in [0.4, 0.5) is 11.6 Å². The van der Waals surface area contributed by atoms with Crippen LogP contribution in [0.5, 0.6) is 0 Å². The van der Waals surface area contributed by atoms with Gasteiger partial charge in [-0.25, -0.2) is 9.97 Å². The van der Waals surface area contributed by atoms with Crippen molar-refractivity contribution in [1.29, 1.82) is 0 Å². The molecule has 0 spiro atoms. The maximum absolute atomic E-state index is 5.95. The molecule has 1 atom stereocenters. The van der Waals surface area contributed by atoms with Crippen LogP contribution in [0.3, 0.4) is 0 Å². The number of nitrogens with zero attached hydrogens (tertiary/aromatic N) is 3. The number of nitrogens with one attached hydrogen (secondary N) is 1. The van der Waals surface area contributed by atoms with Gasteiger partial charge < -0.3 is 16.0 Å². The fourth-order valence-corrected chi connectivity index (χ4v) is 2.16. The number of hydrogen-bond acceptors (Lipinski definition) is 5. The van der Waals surface area contributed by atoms with E-state index in [0.717, 1.165) is 43.5 Å². The molecule has 1 aromatic heterocycles. The minimum Gasteiger partial charge on any atom is -0.369 e. The Morgan fingerprint density at radius 1 is 1.42 bits per heavy atom. The van der Waals surface area contributed by atoms with Gasteiger partial charge in [0.05, 0.1) is 0 Å². The minimum absolute atomic E-state index is 0.231. The summed E-state index contributed by atoms with van der Waals surface area (Å²) in [5, 5.41) is 3.39. The van der Waals surface area contributed by atoms with Crippen molar-refractivity contribution in [3.8, 4) is 0 Å². The van der Waals surface area contributed by atoms with Crippen LogP contribution >= 0.6 is 0 Å². The highest BCUT2D eigenvalue weighted by atomic mass is 15.2. The average Bonchev–Trinajstić information content (AvgIpc) is 2.72. The maximum Gasteiger partial charge on any atom is 0.134 e. The van der Waals surface area contributed by atoms with Gasteiger partial charge in [0, 0.05) is 31.7 Å². The van der Waals surface area contributed by atoms with Gasteiger partial charge in [-0.2, -0.15) is 0 Å². The molecule has 5 heteroatoms. The van der Waals surface area contributed by atoms with Gasteiger partial charge in [0.2, 0.25) is 0 Å². The Kier molecular flexibility index (Phi) is 3.94. The van der Waals surface area contributed by atoms with Crippen LogP contribution in [0, 0.1) is 12.3 Å².